The summed E-state index contributed by atoms with van der Waals surface area (Å²) in [5.41, 5.74) is 0. The normalized spacial score (nSPS) is 13.4. The summed E-state index contributed by atoms with van der Waals surface area (Å²) in [4.78, 5) is 0. The summed E-state index contributed by atoms with van der Waals surface area (Å²) >= 11 is 0. The standard InChI is InChI=1S/C33H45PSi3/c1-35(2,3)31-21-15-28(16-22-31)34(27-13-11-10-12-14-27,29-17-23-32(24-18-29)36(4,5)6)30-19-25-33(26-20-30)37(7,8)9/h10-26,34H,1-9H3. The second kappa shape index (κ2) is 10.3. The van der Waals surface area contributed by atoms with Gasteiger partial charge in [-0.15, -0.1) is 0 Å². The van der Waals surface area contributed by atoms with Crippen LogP contribution in [0.25, 0.3) is 0 Å². The van der Waals surface area contributed by atoms with Gasteiger partial charge >= 0.3 is 230 Å². The molecule has 0 aromatic heterocycles. The number of hydrogen-bond acceptors (Lipinski definition) is 0. The molecule has 4 rings (SSSR count). The summed E-state index contributed by atoms with van der Waals surface area (Å²) in [5, 5.41) is 10.4. The SMILES string of the molecule is C[Si](C)(C)c1ccc([PH](c2ccccc2)(c2ccc([Si](C)(C)C)cc2)c2ccc([Si](C)(C)C)cc2)cc1. The summed E-state index contributed by atoms with van der Waals surface area (Å²) in [6.45, 7) is 21.9. The molecule has 0 amide bonds. The second-order valence-electron chi connectivity index (χ2n) is 13.6. The molecule has 4 aromatic rings. The molecule has 37 heavy (non-hydrogen) atoms. The van der Waals surface area contributed by atoms with E-state index in [0.717, 1.165) is 0 Å². The van der Waals surface area contributed by atoms with Crippen LogP contribution in [0.1, 0.15) is 0 Å². The van der Waals surface area contributed by atoms with E-state index in [9.17, 15) is 0 Å². The van der Waals surface area contributed by atoms with Crippen LogP contribution >= 0.6 is 7.26 Å². The van der Waals surface area contributed by atoms with E-state index in [2.05, 4.69) is 162 Å². The van der Waals surface area contributed by atoms with Crippen LogP contribution in [0.15, 0.2) is 103 Å². The van der Waals surface area contributed by atoms with E-state index in [1.54, 1.807) is 0 Å². The molecule has 0 radical (unpaired) electrons. The van der Waals surface area contributed by atoms with Crippen molar-refractivity contribution in [3.63, 3.8) is 0 Å². The Kier molecular flexibility index (Phi) is 7.76. The van der Waals surface area contributed by atoms with E-state index in [1.165, 1.54) is 36.8 Å². The van der Waals surface area contributed by atoms with Gasteiger partial charge in [-0.25, -0.2) is 0 Å². The molecule has 0 heterocycles. The number of rotatable bonds is 7. The van der Waals surface area contributed by atoms with Crippen LogP contribution in [-0.4, -0.2) is 24.2 Å². The van der Waals surface area contributed by atoms with E-state index in [-0.39, 0.29) is 0 Å². The molecule has 0 spiro atoms. The summed E-state index contributed by atoms with van der Waals surface area (Å²) in [6, 6.07) is 40.7. The van der Waals surface area contributed by atoms with Crippen LogP contribution in [0, 0.1) is 0 Å². The molecule has 0 saturated heterocycles. The number of hydrogen-bond donors (Lipinski definition) is 0. The van der Waals surface area contributed by atoms with Crippen molar-refractivity contribution in [2.75, 3.05) is 0 Å². The monoisotopic (exact) mass is 556 g/mol. The average molecular weight is 557 g/mol. The van der Waals surface area contributed by atoms with Gasteiger partial charge in [0.25, 0.3) is 0 Å². The van der Waals surface area contributed by atoms with Crippen LogP contribution in [0.4, 0.5) is 0 Å². The quantitative estimate of drug-likeness (QED) is 0.203. The van der Waals surface area contributed by atoms with Gasteiger partial charge in [0.05, 0.1) is 0 Å². The molecule has 0 fully saturated rings. The van der Waals surface area contributed by atoms with Gasteiger partial charge in [0.2, 0.25) is 0 Å². The first-order valence-corrected chi connectivity index (χ1v) is 26.1. The molecule has 0 atom stereocenters. The molecule has 0 aliphatic rings. The van der Waals surface area contributed by atoms with Crippen molar-refractivity contribution in [3.05, 3.63) is 103 Å². The van der Waals surface area contributed by atoms with Gasteiger partial charge in [-0.05, 0) is 0 Å². The fourth-order valence-corrected chi connectivity index (χ4v) is 13.5. The fraction of sp³-hybridized carbons (Fsp3) is 0.273. The maximum atomic E-state index is 2.46. The Balaban J connectivity index is 2.05. The topological polar surface area (TPSA) is 0 Å². The van der Waals surface area contributed by atoms with Crippen molar-refractivity contribution < 1.29 is 0 Å². The first-order valence-electron chi connectivity index (χ1n) is 13.6. The van der Waals surface area contributed by atoms with Crippen molar-refractivity contribution in [1.82, 2.24) is 0 Å². The third-order valence-electron chi connectivity index (χ3n) is 7.76. The molecule has 0 aliphatic heterocycles. The zero-order chi connectivity index (χ0) is 27.1. The van der Waals surface area contributed by atoms with Crippen LogP contribution in [-0.2, 0) is 0 Å². The van der Waals surface area contributed by atoms with Gasteiger partial charge in [-0.1, -0.05) is 0 Å². The summed E-state index contributed by atoms with van der Waals surface area (Å²) < 4.78 is 0. The average Bonchev–Trinajstić information content (AvgIpc) is 2.85. The fourth-order valence-electron chi connectivity index (χ4n) is 5.35. The zero-order valence-electron chi connectivity index (χ0n) is 24.3. The Morgan fingerprint density at radius 2 is 0.568 bits per heavy atom. The molecule has 0 bridgehead atoms. The summed E-state index contributed by atoms with van der Waals surface area (Å²) in [7, 11) is -6.66. The Bertz CT molecular complexity index is 1180. The minimum absolute atomic E-state index is 1.39. The van der Waals surface area contributed by atoms with Crippen LogP contribution < -0.4 is 36.8 Å². The minimum atomic E-state index is -2.50. The van der Waals surface area contributed by atoms with E-state index in [1.807, 2.05) is 0 Å². The Labute approximate surface area is 229 Å². The van der Waals surface area contributed by atoms with Gasteiger partial charge < -0.3 is 0 Å². The summed E-state index contributed by atoms with van der Waals surface area (Å²) in [6.07, 6.45) is 0. The molecule has 4 heteroatoms. The predicted molar refractivity (Wildman–Crippen MR) is 182 cm³/mol. The summed E-state index contributed by atoms with van der Waals surface area (Å²) in [5.74, 6) is 0. The predicted octanol–water partition coefficient (Wildman–Crippen LogP) is 5.67. The maximum absolute atomic E-state index is 2.50. The third-order valence-corrected chi connectivity index (χ3v) is 18.8. The van der Waals surface area contributed by atoms with Crippen LogP contribution in [0.5, 0.6) is 0 Å². The van der Waals surface area contributed by atoms with Crippen molar-refractivity contribution in [1.29, 1.82) is 0 Å². The Morgan fingerprint density at radius 1 is 0.324 bits per heavy atom. The van der Waals surface area contributed by atoms with E-state index >= 15 is 0 Å². The van der Waals surface area contributed by atoms with Crippen LogP contribution in [0.2, 0.25) is 58.9 Å². The number of benzene rings is 4. The molecular formula is C33H45PSi3. The second-order valence-corrected chi connectivity index (χ2v) is 32.6. The zero-order valence-corrected chi connectivity index (χ0v) is 28.3. The van der Waals surface area contributed by atoms with Crippen molar-refractivity contribution in [3.8, 4) is 0 Å². The van der Waals surface area contributed by atoms with Crippen molar-refractivity contribution in [2.45, 2.75) is 58.9 Å². The Morgan fingerprint density at radius 3 is 0.811 bits per heavy atom. The van der Waals surface area contributed by atoms with Gasteiger partial charge in [0.15, 0.2) is 0 Å². The van der Waals surface area contributed by atoms with E-state index < -0.39 is 31.5 Å². The first kappa shape index (κ1) is 28.0. The molecule has 0 nitrogen and oxygen atoms in total. The van der Waals surface area contributed by atoms with Crippen molar-refractivity contribution in [2.24, 2.45) is 0 Å². The van der Waals surface area contributed by atoms with Gasteiger partial charge in [0, 0.05) is 0 Å². The van der Waals surface area contributed by atoms with Gasteiger partial charge in [-0.2, -0.15) is 0 Å². The molecule has 0 aliphatic carbocycles. The molecular weight excluding hydrogens is 512 g/mol. The molecule has 0 N–H and O–H groups in total. The third kappa shape index (κ3) is 5.71. The molecule has 0 saturated carbocycles. The molecule has 0 unspecified atom stereocenters. The van der Waals surface area contributed by atoms with E-state index in [4.69, 9.17) is 0 Å². The van der Waals surface area contributed by atoms with Crippen molar-refractivity contribution >= 4 is 68.3 Å². The Hall–Kier alpha value is -2.04. The van der Waals surface area contributed by atoms with Gasteiger partial charge in [0.1, 0.15) is 0 Å². The van der Waals surface area contributed by atoms with E-state index in [0.29, 0.717) is 0 Å². The van der Waals surface area contributed by atoms with Gasteiger partial charge in [-0.3, -0.25) is 0 Å². The van der Waals surface area contributed by atoms with Crippen LogP contribution in [0.3, 0.4) is 0 Å². The first-order chi connectivity index (χ1) is 17.2. The molecule has 4 aromatic carbocycles. The molecule has 194 valence electrons.